The highest BCUT2D eigenvalue weighted by Gasteiger charge is 2.10. The molecule has 0 spiro atoms. The van der Waals surface area contributed by atoms with Gasteiger partial charge in [-0.3, -0.25) is 0 Å². The van der Waals surface area contributed by atoms with Crippen LogP contribution in [0.15, 0.2) is 24.4 Å². The van der Waals surface area contributed by atoms with Gasteiger partial charge in [-0.15, -0.1) is 11.3 Å². The van der Waals surface area contributed by atoms with Crippen LogP contribution < -0.4 is 10.1 Å². The largest absolute Gasteiger partial charge is 0.494 e. The fraction of sp³-hybridized carbons (Fsp3) is 0.357. The summed E-state index contributed by atoms with van der Waals surface area (Å²) in [5, 5.41) is 4.37. The van der Waals surface area contributed by atoms with Crippen molar-refractivity contribution in [2.24, 2.45) is 0 Å². The molecule has 0 fully saturated rings. The molecule has 0 radical (unpaired) electrons. The maximum absolute atomic E-state index is 13.6. The SMILES string of the molecule is COc1ccc(C(C)NCc2ncc(C)s2)cc1F. The molecule has 3 nitrogen and oxygen atoms in total. The van der Waals surface area contributed by atoms with Gasteiger partial charge in [0.2, 0.25) is 0 Å². The van der Waals surface area contributed by atoms with E-state index in [1.54, 1.807) is 17.4 Å². The molecule has 0 amide bonds. The Morgan fingerprint density at radius 1 is 1.47 bits per heavy atom. The van der Waals surface area contributed by atoms with E-state index in [1.165, 1.54) is 18.1 Å². The fourth-order valence-electron chi connectivity index (χ4n) is 1.79. The molecule has 0 aliphatic carbocycles. The van der Waals surface area contributed by atoms with E-state index in [1.807, 2.05) is 26.1 Å². The molecule has 0 aliphatic rings. The zero-order chi connectivity index (χ0) is 13.8. The van der Waals surface area contributed by atoms with Crippen LogP contribution in [0.2, 0.25) is 0 Å². The van der Waals surface area contributed by atoms with Crippen molar-refractivity contribution >= 4 is 11.3 Å². The molecule has 19 heavy (non-hydrogen) atoms. The number of methoxy groups -OCH3 is 1. The summed E-state index contributed by atoms with van der Waals surface area (Å²) in [6.45, 7) is 4.72. The Morgan fingerprint density at radius 3 is 2.84 bits per heavy atom. The van der Waals surface area contributed by atoms with Crippen molar-refractivity contribution in [1.82, 2.24) is 10.3 Å². The van der Waals surface area contributed by atoms with Gasteiger partial charge in [-0.2, -0.15) is 0 Å². The van der Waals surface area contributed by atoms with E-state index < -0.39 is 0 Å². The molecule has 1 aromatic carbocycles. The Hall–Kier alpha value is -1.46. The van der Waals surface area contributed by atoms with Crippen molar-refractivity contribution in [1.29, 1.82) is 0 Å². The number of aromatic nitrogens is 1. The highest BCUT2D eigenvalue weighted by atomic mass is 32.1. The lowest BCUT2D eigenvalue weighted by Gasteiger charge is -2.14. The van der Waals surface area contributed by atoms with E-state index in [0.29, 0.717) is 6.54 Å². The van der Waals surface area contributed by atoms with Gasteiger partial charge in [0.25, 0.3) is 0 Å². The average Bonchev–Trinajstić information content (AvgIpc) is 2.81. The lowest BCUT2D eigenvalue weighted by atomic mass is 10.1. The van der Waals surface area contributed by atoms with E-state index in [4.69, 9.17) is 4.74 Å². The Bertz CT molecular complexity index is 556. The maximum atomic E-state index is 13.6. The van der Waals surface area contributed by atoms with Crippen LogP contribution in [0.25, 0.3) is 0 Å². The van der Waals surface area contributed by atoms with Crippen molar-refractivity contribution < 1.29 is 9.13 Å². The first-order valence-electron chi connectivity index (χ1n) is 6.08. The van der Waals surface area contributed by atoms with Gasteiger partial charge in [0, 0.05) is 23.7 Å². The van der Waals surface area contributed by atoms with Gasteiger partial charge in [0.05, 0.1) is 7.11 Å². The summed E-state index contributed by atoms with van der Waals surface area (Å²) in [5.41, 5.74) is 0.895. The number of rotatable bonds is 5. The number of nitrogens with one attached hydrogen (secondary N) is 1. The minimum absolute atomic E-state index is 0.0598. The Morgan fingerprint density at radius 2 is 2.26 bits per heavy atom. The first-order valence-corrected chi connectivity index (χ1v) is 6.90. The van der Waals surface area contributed by atoms with Gasteiger partial charge in [-0.05, 0) is 31.5 Å². The van der Waals surface area contributed by atoms with E-state index in [-0.39, 0.29) is 17.6 Å². The molecule has 1 unspecified atom stereocenters. The molecule has 2 aromatic rings. The third-order valence-corrected chi connectivity index (χ3v) is 3.82. The maximum Gasteiger partial charge on any atom is 0.165 e. The highest BCUT2D eigenvalue weighted by molar-refractivity contribution is 7.11. The molecule has 0 aliphatic heterocycles. The number of thiazole rings is 1. The topological polar surface area (TPSA) is 34.1 Å². The van der Waals surface area contributed by atoms with Gasteiger partial charge in [-0.25, -0.2) is 9.37 Å². The summed E-state index contributed by atoms with van der Waals surface area (Å²) >= 11 is 1.67. The molecule has 2 rings (SSSR count). The minimum atomic E-state index is -0.334. The van der Waals surface area contributed by atoms with Gasteiger partial charge in [0.1, 0.15) is 5.01 Å². The fourth-order valence-corrected chi connectivity index (χ4v) is 2.53. The van der Waals surface area contributed by atoms with Gasteiger partial charge in [-0.1, -0.05) is 6.07 Å². The van der Waals surface area contributed by atoms with Crippen LogP contribution in [-0.2, 0) is 6.54 Å². The van der Waals surface area contributed by atoms with Crippen molar-refractivity contribution in [3.8, 4) is 5.75 Å². The second-order valence-corrected chi connectivity index (χ2v) is 5.68. The van der Waals surface area contributed by atoms with Gasteiger partial charge >= 0.3 is 0 Å². The number of aryl methyl sites for hydroxylation is 1. The van der Waals surface area contributed by atoms with Crippen molar-refractivity contribution in [2.75, 3.05) is 7.11 Å². The first kappa shape index (κ1) is 14.0. The van der Waals surface area contributed by atoms with Crippen molar-refractivity contribution in [3.05, 3.63) is 45.7 Å². The number of nitrogens with zero attached hydrogens (tertiary/aromatic N) is 1. The summed E-state index contributed by atoms with van der Waals surface area (Å²) in [5.74, 6) is -0.0646. The predicted molar refractivity (Wildman–Crippen MR) is 75.1 cm³/mol. The molecule has 1 atom stereocenters. The minimum Gasteiger partial charge on any atom is -0.494 e. The van der Waals surface area contributed by atoms with Crippen LogP contribution in [0.3, 0.4) is 0 Å². The molecule has 1 heterocycles. The molecular formula is C14H17FN2OS. The Labute approximate surface area is 116 Å². The lowest BCUT2D eigenvalue weighted by Crippen LogP contribution is -2.18. The van der Waals surface area contributed by atoms with Crippen molar-refractivity contribution in [2.45, 2.75) is 26.4 Å². The standard InChI is InChI=1S/C14H17FN2OS/c1-9-7-17-14(19-9)8-16-10(2)11-4-5-13(18-3)12(15)6-11/h4-7,10,16H,8H2,1-3H3. The number of halogens is 1. The van der Waals surface area contributed by atoms with E-state index in [9.17, 15) is 4.39 Å². The smallest absolute Gasteiger partial charge is 0.165 e. The van der Waals surface area contributed by atoms with E-state index >= 15 is 0 Å². The van der Waals surface area contributed by atoms with Crippen LogP contribution in [-0.4, -0.2) is 12.1 Å². The first-order chi connectivity index (χ1) is 9.10. The highest BCUT2D eigenvalue weighted by Crippen LogP contribution is 2.22. The zero-order valence-corrected chi connectivity index (χ0v) is 12.1. The van der Waals surface area contributed by atoms with Crippen LogP contribution in [0.1, 0.15) is 28.4 Å². The molecule has 102 valence electrons. The second-order valence-electron chi connectivity index (χ2n) is 4.36. The summed E-state index contributed by atoms with van der Waals surface area (Å²) in [6, 6.07) is 5.08. The van der Waals surface area contributed by atoms with E-state index in [0.717, 1.165) is 10.6 Å². The van der Waals surface area contributed by atoms with Crippen LogP contribution in [0, 0.1) is 12.7 Å². The summed E-state index contributed by atoms with van der Waals surface area (Å²) in [6.07, 6.45) is 1.86. The Balaban J connectivity index is 1.99. The third-order valence-electron chi connectivity index (χ3n) is 2.90. The van der Waals surface area contributed by atoms with Crippen molar-refractivity contribution in [3.63, 3.8) is 0 Å². The normalized spacial score (nSPS) is 12.4. The van der Waals surface area contributed by atoms with Crippen LogP contribution >= 0.6 is 11.3 Å². The average molecular weight is 280 g/mol. The predicted octanol–water partition coefficient (Wildman–Crippen LogP) is 3.45. The number of ether oxygens (including phenoxy) is 1. The number of hydrogen-bond donors (Lipinski definition) is 1. The summed E-state index contributed by atoms with van der Waals surface area (Å²) in [7, 11) is 1.46. The molecule has 1 N–H and O–H groups in total. The van der Waals surface area contributed by atoms with Crippen LogP contribution in [0.5, 0.6) is 5.75 Å². The molecule has 5 heteroatoms. The molecule has 0 saturated heterocycles. The molecule has 0 bridgehead atoms. The second kappa shape index (κ2) is 6.12. The third kappa shape index (κ3) is 3.52. The van der Waals surface area contributed by atoms with Gasteiger partial charge in [0.15, 0.2) is 11.6 Å². The monoisotopic (exact) mass is 280 g/mol. The Kier molecular flexibility index (Phi) is 4.50. The molecular weight excluding hydrogens is 263 g/mol. The molecule has 1 aromatic heterocycles. The van der Waals surface area contributed by atoms with Gasteiger partial charge < -0.3 is 10.1 Å². The quantitative estimate of drug-likeness (QED) is 0.911. The number of benzene rings is 1. The zero-order valence-electron chi connectivity index (χ0n) is 11.2. The number of hydrogen-bond acceptors (Lipinski definition) is 4. The van der Waals surface area contributed by atoms with Crippen LogP contribution in [0.4, 0.5) is 4.39 Å². The van der Waals surface area contributed by atoms with E-state index in [2.05, 4.69) is 10.3 Å². The summed E-state index contributed by atoms with van der Waals surface area (Å²) < 4.78 is 18.5. The molecule has 0 saturated carbocycles. The summed E-state index contributed by atoms with van der Waals surface area (Å²) in [4.78, 5) is 5.48. The lowest BCUT2D eigenvalue weighted by molar-refractivity contribution is 0.385.